The van der Waals surface area contributed by atoms with Gasteiger partial charge in [-0.2, -0.15) is 13.2 Å². The number of halogens is 4. The van der Waals surface area contributed by atoms with Crippen LogP contribution >= 0.6 is 11.6 Å². The number of piperidine rings is 1. The first kappa shape index (κ1) is 27.2. The summed E-state index contributed by atoms with van der Waals surface area (Å²) in [4.78, 5) is 40.5. The molecule has 1 aliphatic heterocycles. The lowest BCUT2D eigenvalue weighted by atomic mass is 9.96. The molecule has 1 heterocycles. The van der Waals surface area contributed by atoms with E-state index in [-0.39, 0.29) is 11.6 Å². The van der Waals surface area contributed by atoms with Gasteiger partial charge in [0.1, 0.15) is 0 Å². The van der Waals surface area contributed by atoms with Crippen LogP contribution in [0.5, 0.6) is 0 Å². The molecule has 38 heavy (non-hydrogen) atoms. The molecule has 1 fully saturated rings. The lowest BCUT2D eigenvalue weighted by Gasteiger charge is -2.31. The first-order valence-electron chi connectivity index (χ1n) is 11.9. The average Bonchev–Trinajstić information content (AvgIpc) is 2.92. The second kappa shape index (κ2) is 11.7. The summed E-state index contributed by atoms with van der Waals surface area (Å²) < 4.78 is 44.9. The number of likely N-dealkylation sites (tertiary alicyclic amines) is 1. The molecular weight excluding hydrogens is 521 g/mol. The quantitative estimate of drug-likeness (QED) is 0.379. The number of benzene rings is 3. The second-order valence-electron chi connectivity index (χ2n) is 8.87. The van der Waals surface area contributed by atoms with E-state index in [4.69, 9.17) is 16.3 Å². The van der Waals surface area contributed by atoms with Gasteiger partial charge in [0.25, 0.3) is 11.8 Å². The van der Waals surface area contributed by atoms with Crippen molar-refractivity contribution >= 4 is 35.1 Å². The van der Waals surface area contributed by atoms with Crippen molar-refractivity contribution < 1.29 is 32.3 Å². The number of alkyl halides is 3. The van der Waals surface area contributed by atoms with E-state index in [1.165, 1.54) is 12.1 Å². The molecule has 3 aromatic carbocycles. The van der Waals surface area contributed by atoms with Crippen molar-refractivity contribution in [3.05, 3.63) is 101 Å². The molecule has 1 N–H and O–H groups in total. The third-order valence-corrected chi connectivity index (χ3v) is 6.49. The average molecular weight is 545 g/mol. The highest BCUT2D eigenvalue weighted by atomic mass is 35.5. The monoisotopic (exact) mass is 544 g/mol. The van der Waals surface area contributed by atoms with Crippen LogP contribution in [0.4, 0.5) is 18.9 Å². The van der Waals surface area contributed by atoms with Crippen LogP contribution < -0.4 is 5.32 Å². The molecule has 1 atom stereocenters. The molecule has 4 rings (SSSR count). The number of nitrogens with one attached hydrogen (secondary N) is 1. The highest BCUT2D eigenvalue weighted by Crippen LogP contribution is 2.31. The van der Waals surface area contributed by atoms with Gasteiger partial charge in [-0.05, 0) is 55.3 Å². The van der Waals surface area contributed by atoms with E-state index in [1.54, 1.807) is 59.5 Å². The van der Waals surface area contributed by atoms with Gasteiger partial charge in [-0.25, -0.2) is 0 Å². The fourth-order valence-corrected chi connectivity index (χ4v) is 4.31. The zero-order valence-electron chi connectivity index (χ0n) is 20.1. The Bertz CT molecular complexity index is 1290. The Hall–Kier alpha value is -3.85. The molecule has 0 unspecified atom stereocenters. The molecule has 6 nitrogen and oxygen atoms in total. The fraction of sp³-hybridized carbons (Fsp3) is 0.250. The number of ether oxygens (including phenoxy) is 1. The topological polar surface area (TPSA) is 75.7 Å². The minimum atomic E-state index is -4.57. The van der Waals surface area contributed by atoms with E-state index >= 15 is 0 Å². The summed E-state index contributed by atoms with van der Waals surface area (Å²) in [5.41, 5.74) is -0.120. The van der Waals surface area contributed by atoms with Gasteiger partial charge in [-0.3, -0.25) is 14.4 Å². The molecule has 1 saturated heterocycles. The highest BCUT2D eigenvalue weighted by Gasteiger charge is 2.34. The van der Waals surface area contributed by atoms with Crippen molar-refractivity contribution in [3.8, 4) is 0 Å². The Labute approximate surface area is 222 Å². The second-order valence-corrected chi connectivity index (χ2v) is 9.31. The van der Waals surface area contributed by atoms with Gasteiger partial charge in [-0.15, -0.1) is 0 Å². The molecule has 2 amide bonds. The summed E-state index contributed by atoms with van der Waals surface area (Å²) in [6, 6.07) is 19.0. The fourth-order valence-electron chi connectivity index (χ4n) is 4.19. The molecule has 0 aromatic heterocycles. The minimum absolute atomic E-state index is 0.0733. The van der Waals surface area contributed by atoms with Crippen LogP contribution in [0.3, 0.4) is 0 Å². The number of carbonyl (C=O) groups excluding carboxylic acids is 3. The minimum Gasteiger partial charge on any atom is -0.447 e. The van der Waals surface area contributed by atoms with Crippen molar-refractivity contribution in [2.24, 2.45) is 5.92 Å². The maximum absolute atomic E-state index is 13.1. The molecule has 1 aliphatic rings. The normalized spacial score (nSPS) is 15.0. The Balaban J connectivity index is 1.42. The number of amides is 2. The van der Waals surface area contributed by atoms with Crippen molar-refractivity contribution in [2.45, 2.75) is 25.1 Å². The van der Waals surface area contributed by atoms with Crippen LogP contribution in [0.1, 0.15) is 40.4 Å². The van der Waals surface area contributed by atoms with Gasteiger partial charge >= 0.3 is 12.1 Å². The van der Waals surface area contributed by atoms with Crippen LogP contribution in [0.25, 0.3) is 0 Å². The van der Waals surface area contributed by atoms with Gasteiger partial charge in [0, 0.05) is 34.9 Å². The number of hydrogen-bond donors (Lipinski definition) is 1. The van der Waals surface area contributed by atoms with Crippen molar-refractivity contribution in [2.75, 3.05) is 18.4 Å². The third kappa shape index (κ3) is 6.72. The predicted molar refractivity (Wildman–Crippen MR) is 135 cm³/mol. The number of hydrogen-bond acceptors (Lipinski definition) is 4. The van der Waals surface area contributed by atoms with Gasteiger partial charge in [0.2, 0.25) is 6.10 Å². The number of anilines is 1. The predicted octanol–water partition coefficient (Wildman–Crippen LogP) is 6.13. The summed E-state index contributed by atoms with van der Waals surface area (Å²) in [5, 5.41) is 2.95. The molecule has 198 valence electrons. The number of nitrogens with zero attached hydrogens (tertiary/aromatic N) is 1. The van der Waals surface area contributed by atoms with E-state index in [0.29, 0.717) is 42.1 Å². The summed E-state index contributed by atoms with van der Waals surface area (Å²) in [6.45, 7) is 0.654. The summed E-state index contributed by atoms with van der Waals surface area (Å²) in [7, 11) is 0. The maximum atomic E-state index is 13.1. The van der Waals surface area contributed by atoms with Crippen LogP contribution in [-0.4, -0.2) is 35.8 Å². The van der Waals surface area contributed by atoms with E-state index in [9.17, 15) is 27.6 Å². The molecule has 0 bridgehead atoms. The lowest BCUT2D eigenvalue weighted by Crippen LogP contribution is -2.41. The Morgan fingerprint density at radius 3 is 2.21 bits per heavy atom. The molecule has 3 aromatic rings. The van der Waals surface area contributed by atoms with E-state index in [2.05, 4.69) is 5.32 Å². The molecule has 0 spiro atoms. The van der Waals surface area contributed by atoms with Crippen molar-refractivity contribution in [3.63, 3.8) is 0 Å². The summed E-state index contributed by atoms with van der Waals surface area (Å²) >= 11 is 5.88. The number of rotatable bonds is 6. The molecule has 10 heteroatoms. The number of carbonyl (C=O) groups is 3. The Kier molecular flexibility index (Phi) is 8.36. The summed E-state index contributed by atoms with van der Waals surface area (Å²) in [6.07, 6.45) is -5.26. The summed E-state index contributed by atoms with van der Waals surface area (Å²) in [5.74, 6) is -2.11. The standard InChI is InChI=1S/C28H24ClF3N2O4/c29-22-11-9-19(10-12-22)26(36)34-15-13-20(14-16-34)27(37)38-24(18-5-2-1-3-6-18)25(35)33-23-8-4-7-21(17-23)28(30,31)32/h1-12,17,20,24H,13-16H2,(H,33,35)/t24-/m0/s1. The Morgan fingerprint density at radius 1 is 0.921 bits per heavy atom. The van der Waals surface area contributed by atoms with Crippen molar-refractivity contribution in [1.82, 2.24) is 4.90 Å². The molecular formula is C28H24ClF3N2O4. The lowest BCUT2D eigenvalue weighted by molar-refractivity contribution is -0.160. The SMILES string of the molecule is O=C(O[C@H](C(=O)Nc1cccc(C(F)(F)F)c1)c1ccccc1)C1CCN(C(=O)c2ccc(Cl)cc2)CC1. The van der Waals surface area contributed by atoms with Gasteiger partial charge in [-0.1, -0.05) is 48.0 Å². The van der Waals surface area contributed by atoms with E-state index in [1.807, 2.05) is 0 Å². The Morgan fingerprint density at radius 2 is 1.58 bits per heavy atom. The smallest absolute Gasteiger partial charge is 0.416 e. The van der Waals surface area contributed by atoms with E-state index in [0.717, 1.165) is 12.1 Å². The van der Waals surface area contributed by atoms with Gasteiger partial charge < -0.3 is 15.0 Å². The van der Waals surface area contributed by atoms with Gasteiger partial charge in [0.15, 0.2) is 0 Å². The van der Waals surface area contributed by atoms with Crippen LogP contribution in [-0.2, 0) is 20.5 Å². The van der Waals surface area contributed by atoms with Crippen LogP contribution in [0.15, 0.2) is 78.9 Å². The van der Waals surface area contributed by atoms with Crippen LogP contribution in [0.2, 0.25) is 5.02 Å². The van der Waals surface area contributed by atoms with Crippen molar-refractivity contribution in [1.29, 1.82) is 0 Å². The van der Waals surface area contributed by atoms with E-state index < -0.39 is 35.6 Å². The molecule has 0 aliphatic carbocycles. The zero-order valence-corrected chi connectivity index (χ0v) is 20.8. The highest BCUT2D eigenvalue weighted by molar-refractivity contribution is 6.30. The van der Waals surface area contributed by atoms with Gasteiger partial charge in [0.05, 0.1) is 11.5 Å². The number of esters is 1. The largest absolute Gasteiger partial charge is 0.447 e. The zero-order chi connectivity index (χ0) is 27.3. The van der Waals surface area contributed by atoms with Crippen LogP contribution in [0, 0.1) is 5.92 Å². The first-order chi connectivity index (χ1) is 18.1. The molecule has 0 radical (unpaired) electrons. The maximum Gasteiger partial charge on any atom is 0.416 e. The first-order valence-corrected chi connectivity index (χ1v) is 12.3. The molecule has 0 saturated carbocycles. The third-order valence-electron chi connectivity index (χ3n) is 6.24.